The molecule has 0 saturated heterocycles. The monoisotopic (exact) mass is 219 g/mol. The van der Waals surface area contributed by atoms with Gasteiger partial charge in [0.25, 0.3) is 0 Å². The van der Waals surface area contributed by atoms with E-state index in [9.17, 15) is 0 Å². The third kappa shape index (κ3) is 1.74. The Morgan fingerprint density at radius 1 is 1.50 bits per heavy atom. The van der Waals surface area contributed by atoms with E-state index < -0.39 is 0 Å². The van der Waals surface area contributed by atoms with Gasteiger partial charge in [-0.15, -0.1) is 0 Å². The van der Waals surface area contributed by atoms with E-state index in [1.807, 2.05) is 26.4 Å². The average molecular weight is 219 g/mol. The molecular weight excluding hydrogens is 202 g/mol. The Kier molecular flexibility index (Phi) is 2.78. The van der Waals surface area contributed by atoms with Crippen molar-refractivity contribution in [1.82, 2.24) is 19.3 Å². The number of nitrogens with zero attached hydrogens (tertiary/aromatic N) is 4. The predicted octanol–water partition coefficient (Wildman–Crippen LogP) is 0.993. The van der Waals surface area contributed by atoms with Crippen molar-refractivity contribution in [3.8, 4) is 0 Å². The van der Waals surface area contributed by atoms with E-state index in [0.29, 0.717) is 0 Å². The van der Waals surface area contributed by atoms with Crippen LogP contribution in [0.3, 0.4) is 0 Å². The molecule has 0 aliphatic rings. The molecule has 2 N–H and O–H groups in total. The van der Waals surface area contributed by atoms with Crippen LogP contribution in [0.5, 0.6) is 0 Å². The van der Waals surface area contributed by atoms with Gasteiger partial charge in [0.2, 0.25) is 0 Å². The number of hydrogen-bond acceptors (Lipinski definition) is 3. The Bertz CT molecular complexity index is 482. The minimum atomic E-state index is -0.205. The molecule has 0 radical (unpaired) electrons. The molecule has 0 aliphatic carbocycles. The number of aromatic nitrogens is 4. The zero-order valence-corrected chi connectivity index (χ0v) is 9.88. The SMILES string of the molecule is CCn1ccnc1C(N)c1cn(C)nc1C. The van der Waals surface area contributed by atoms with Gasteiger partial charge in [-0.05, 0) is 13.8 Å². The third-order valence-electron chi connectivity index (χ3n) is 2.75. The lowest BCUT2D eigenvalue weighted by Crippen LogP contribution is -2.17. The molecule has 0 saturated carbocycles. The van der Waals surface area contributed by atoms with E-state index in [2.05, 4.69) is 21.6 Å². The van der Waals surface area contributed by atoms with E-state index in [-0.39, 0.29) is 6.04 Å². The first-order valence-corrected chi connectivity index (χ1v) is 5.40. The highest BCUT2D eigenvalue weighted by Crippen LogP contribution is 2.20. The van der Waals surface area contributed by atoms with Crippen molar-refractivity contribution in [3.63, 3.8) is 0 Å². The van der Waals surface area contributed by atoms with Crippen molar-refractivity contribution in [2.24, 2.45) is 12.8 Å². The molecule has 5 nitrogen and oxygen atoms in total. The van der Waals surface area contributed by atoms with Crippen molar-refractivity contribution in [2.45, 2.75) is 26.4 Å². The molecule has 5 heteroatoms. The molecule has 2 aromatic heterocycles. The first-order chi connectivity index (χ1) is 7.63. The first kappa shape index (κ1) is 10.9. The van der Waals surface area contributed by atoms with Crippen molar-refractivity contribution in [3.05, 3.63) is 35.7 Å². The number of nitrogens with two attached hydrogens (primary N) is 1. The lowest BCUT2D eigenvalue weighted by Gasteiger charge is -2.12. The minimum Gasteiger partial charge on any atom is -0.334 e. The lowest BCUT2D eigenvalue weighted by molar-refractivity contribution is 0.654. The van der Waals surface area contributed by atoms with Gasteiger partial charge >= 0.3 is 0 Å². The maximum absolute atomic E-state index is 6.21. The Labute approximate surface area is 94.9 Å². The van der Waals surface area contributed by atoms with Gasteiger partial charge in [0.15, 0.2) is 0 Å². The standard InChI is InChI=1S/C11H17N5/c1-4-16-6-5-13-11(16)10(12)9-7-15(3)14-8(9)2/h5-7,10H,4,12H2,1-3H3. The summed E-state index contributed by atoms with van der Waals surface area (Å²) in [7, 11) is 1.90. The molecule has 0 aromatic carbocycles. The van der Waals surface area contributed by atoms with Crippen LogP contribution in [0, 0.1) is 6.92 Å². The summed E-state index contributed by atoms with van der Waals surface area (Å²) in [4.78, 5) is 4.31. The van der Waals surface area contributed by atoms with Crippen LogP contribution in [0.4, 0.5) is 0 Å². The van der Waals surface area contributed by atoms with Gasteiger partial charge in [-0.3, -0.25) is 4.68 Å². The Morgan fingerprint density at radius 2 is 2.25 bits per heavy atom. The highest BCUT2D eigenvalue weighted by Gasteiger charge is 2.18. The van der Waals surface area contributed by atoms with Crippen LogP contribution in [0.1, 0.15) is 30.0 Å². The van der Waals surface area contributed by atoms with Crippen molar-refractivity contribution in [2.75, 3.05) is 0 Å². The van der Waals surface area contributed by atoms with E-state index in [1.54, 1.807) is 10.9 Å². The molecule has 1 atom stereocenters. The van der Waals surface area contributed by atoms with Gasteiger partial charge in [0.1, 0.15) is 5.82 Å². The second-order valence-electron chi connectivity index (χ2n) is 3.89. The summed E-state index contributed by atoms with van der Waals surface area (Å²) >= 11 is 0. The fourth-order valence-electron chi connectivity index (χ4n) is 1.93. The van der Waals surface area contributed by atoms with Crippen LogP contribution in [0.15, 0.2) is 18.6 Å². The molecule has 16 heavy (non-hydrogen) atoms. The Balaban J connectivity index is 2.38. The topological polar surface area (TPSA) is 61.7 Å². The molecule has 1 unspecified atom stereocenters. The van der Waals surface area contributed by atoms with Crippen LogP contribution in [-0.4, -0.2) is 19.3 Å². The van der Waals surface area contributed by atoms with Gasteiger partial charge in [-0.25, -0.2) is 4.98 Å². The highest BCUT2D eigenvalue weighted by molar-refractivity contribution is 5.25. The van der Waals surface area contributed by atoms with E-state index in [1.165, 1.54) is 0 Å². The number of rotatable bonds is 3. The van der Waals surface area contributed by atoms with E-state index >= 15 is 0 Å². The molecule has 2 aromatic rings. The van der Waals surface area contributed by atoms with Gasteiger partial charge in [-0.2, -0.15) is 5.10 Å². The summed E-state index contributed by atoms with van der Waals surface area (Å²) in [5.74, 6) is 0.888. The normalized spacial score (nSPS) is 13.0. The molecule has 2 heterocycles. The highest BCUT2D eigenvalue weighted by atomic mass is 15.3. The minimum absolute atomic E-state index is 0.205. The Hall–Kier alpha value is -1.62. The maximum atomic E-state index is 6.21. The van der Waals surface area contributed by atoms with Crippen molar-refractivity contribution in [1.29, 1.82) is 0 Å². The summed E-state index contributed by atoms with van der Waals surface area (Å²) in [5.41, 5.74) is 8.20. The summed E-state index contributed by atoms with van der Waals surface area (Å²) in [6.45, 7) is 4.92. The van der Waals surface area contributed by atoms with Gasteiger partial charge in [0.05, 0.1) is 11.7 Å². The zero-order chi connectivity index (χ0) is 11.7. The summed E-state index contributed by atoms with van der Waals surface area (Å²) in [6, 6.07) is -0.205. The quantitative estimate of drug-likeness (QED) is 0.837. The molecule has 0 fully saturated rings. The average Bonchev–Trinajstić information content (AvgIpc) is 2.83. The fraction of sp³-hybridized carbons (Fsp3) is 0.455. The largest absolute Gasteiger partial charge is 0.334 e. The summed E-state index contributed by atoms with van der Waals surface area (Å²) in [5, 5.41) is 4.30. The molecule has 0 spiro atoms. The van der Waals surface area contributed by atoms with E-state index in [4.69, 9.17) is 5.73 Å². The number of hydrogen-bond donors (Lipinski definition) is 1. The smallest absolute Gasteiger partial charge is 0.130 e. The third-order valence-corrected chi connectivity index (χ3v) is 2.75. The van der Waals surface area contributed by atoms with E-state index in [0.717, 1.165) is 23.6 Å². The van der Waals surface area contributed by atoms with Crippen LogP contribution in [0.2, 0.25) is 0 Å². The van der Waals surface area contributed by atoms with Gasteiger partial charge < -0.3 is 10.3 Å². The second-order valence-corrected chi connectivity index (χ2v) is 3.89. The maximum Gasteiger partial charge on any atom is 0.130 e. The van der Waals surface area contributed by atoms with Crippen molar-refractivity contribution >= 4 is 0 Å². The van der Waals surface area contributed by atoms with Crippen LogP contribution < -0.4 is 5.73 Å². The zero-order valence-electron chi connectivity index (χ0n) is 9.88. The van der Waals surface area contributed by atoms with Gasteiger partial charge in [0, 0.05) is 37.7 Å². The number of aryl methyl sites for hydroxylation is 3. The van der Waals surface area contributed by atoms with Crippen LogP contribution >= 0.6 is 0 Å². The predicted molar refractivity (Wildman–Crippen MR) is 61.9 cm³/mol. The molecule has 86 valence electrons. The van der Waals surface area contributed by atoms with Crippen LogP contribution in [-0.2, 0) is 13.6 Å². The summed E-state index contributed by atoms with van der Waals surface area (Å²) in [6.07, 6.45) is 5.68. The lowest BCUT2D eigenvalue weighted by atomic mass is 10.1. The summed E-state index contributed by atoms with van der Waals surface area (Å²) < 4.78 is 3.83. The molecule has 0 bridgehead atoms. The molecule has 2 rings (SSSR count). The fourth-order valence-corrected chi connectivity index (χ4v) is 1.93. The van der Waals surface area contributed by atoms with Crippen molar-refractivity contribution < 1.29 is 0 Å². The molecular formula is C11H17N5. The Morgan fingerprint density at radius 3 is 2.81 bits per heavy atom. The van der Waals surface area contributed by atoms with Crippen LogP contribution in [0.25, 0.3) is 0 Å². The van der Waals surface area contributed by atoms with Gasteiger partial charge in [-0.1, -0.05) is 0 Å². The molecule has 0 amide bonds. The number of imidazole rings is 1. The first-order valence-electron chi connectivity index (χ1n) is 5.40. The second kappa shape index (κ2) is 4.09. The molecule has 0 aliphatic heterocycles.